The summed E-state index contributed by atoms with van der Waals surface area (Å²) < 4.78 is 6.54. The second kappa shape index (κ2) is 4.64. The van der Waals surface area contributed by atoms with Crippen molar-refractivity contribution in [3.63, 3.8) is 0 Å². The molecule has 0 amide bonds. The highest BCUT2D eigenvalue weighted by atomic mass is 16.5. The Kier molecular flexibility index (Phi) is 3.19. The van der Waals surface area contributed by atoms with Gasteiger partial charge in [-0.3, -0.25) is 4.68 Å². The number of hydrogen-bond acceptors (Lipinski definition) is 3. The molecule has 1 aromatic carbocycles. The molecule has 0 unspecified atom stereocenters. The topological polar surface area (TPSA) is 44.1 Å². The zero-order valence-corrected chi connectivity index (χ0v) is 11.0. The molecule has 0 bridgehead atoms. The average molecular weight is 244 g/mol. The Morgan fingerprint density at radius 2 is 1.83 bits per heavy atom. The van der Waals surface area contributed by atoms with Crippen molar-refractivity contribution >= 4 is 5.97 Å². The first-order chi connectivity index (χ1) is 8.54. The molecule has 4 nitrogen and oxygen atoms in total. The number of hydrogen-bond donors (Lipinski definition) is 0. The molecule has 94 valence electrons. The summed E-state index contributed by atoms with van der Waals surface area (Å²) in [6, 6.07) is 7.38. The standard InChI is InChI=1S/C14H16N2O2/c1-9-13(10(2)16(3)15-9)11-5-7-12(8-6-11)14(17)18-4/h5-8H,1-4H3. The number of aryl methyl sites for hydroxylation is 2. The molecule has 0 saturated carbocycles. The quantitative estimate of drug-likeness (QED) is 0.762. The average Bonchev–Trinajstić information content (AvgIpc) is 2.63. The van der Waals surface area contributed by atoms with E-state index in [-0.39, 0.29) is 5.97 Å². The predicted octanol–water partition coefficient (Wildman–Crippen LogP) is 2.49. The fourth-order valence-electron chi connectivity index (χ4n) is 2.08. The molecule has 18 heavy (non-hydrogen) atoms. The molecule has 0 aliphatic rings. The van der Waals surface area contributed by atoms with Crippen LogP contribution < -0.4 is 0 Å². The highest BCUT2D eigenvalue weighted by molar-refractivity contribution is 5.90. The predicted molar refractivity (Wildman–Crippen MR) is 69.5 cm³/mol. The number of methoxy groups -OCH3 is 1. The number of aromatic nitrogens is 2. The van der Waals surface area contributed by atoms with Crippen molar-refractivity contribution in [2.45, 2.75) is 13.8 Å². The van der Waals surface area contributed by atoms with Crippen LogP contribution in [0.15, 0.2) is 24.3 Å². The Balaban J connectivity index is 2.43. The lowest BCUT2D eigenvalue weighted by atomic mass is 10.0. The number of nitrogens with zero attached hydrogens (tertiary/aromatic N) is 2. The minimum absolute atomic E-state index is 0.318. The Hall–Kier alpha value is -2.10. The van der Waals surface area contributed by atoms with Crippen molar-refractivity contribution in [3.05, 3.63) is 41.2 Å². The third-order valence-electron chi connectivity index (χ3n) is 3.10. The monoisotopic (exact) mass is 244 g/mol. The molecular weight excluding hydrogens is 228 g/mol. The smallest absolute Gasteiger partial charge is 0.337 e. The molecule has 0 atom stereocenters. The summed E-state index contributed by atoms with van der Waals surface area (Å²) >= 11 is 0. The highest BCUT2D eigenvalue weighted by Crippen LogP contribution is 2.26. The van der Waals surface area contributed by atoms with E-state index in [1.807, 2.05) is 37.7 Å². The summed E-state index contributed by atoms with van der Waals surface area (Å²) in [6.07, 6.45) is 0. The van der Waals surface area contributed by atoms with E-state index in [1.165, 1.54) is 7.11 Å². The third kappa shape index (κ3) is 2.01. The van der Waals surface area contributed by atoms with Crippen LogP contribution in [0.3, 0.4) is 0 Å². The molecule has 0 saturated heterocycles. The molecule has 0 spiro atoms. The molecule has 0 radical (unpaired) electrons. The van der Waals surface area contributed by atoms with Crippen LogP contribution in [0.25, 0.3) is 11.1 Å². The first-order valence-electron chi connectivity index (χ1n) is 5.73. The van der Waals surface area contributed by atoms with E-state index in [1.54, 1.807) is 12.1 Å². The molecule has 1 aromatic heterocycles. The van der Waals surface area contributed by atoms with E-state index < -0.39 is 0 Å². The van der Waals surface area contributed by atoms with Crippen LogP contribution in [0.2, 0.25) is 0 Å². The Bertz CT molecular complexity index is 583. The van der Waals surface area contributed by atoms with Crippen LogP contribution in [-0.2, 0) is 11.8 Å². The lowest BCUT2D eigenvalue weighted by molar-refractivity contribution is 0.0601. The molecule has 1 heterocycles. The van der Waals surface area contributed by atoms with Crippen molar-refractivity contribution in [2.75, 3.05) is 7.11 Å². The van der Waals surface area contributed by atoms with Gasteiger partial charge >= 0.3 is 5.97 Å². The van der Waals surface area contributed by atoms with Gasteiger partial charge in [0, 0.05) is 18.3 Å². The minimum Gasteiger partial charge on any atom is -0.465 e. The van der Waals surface area contributed by atoms with Crippen molar-refractivity contribution in [2.24, 2.45) is 7.05 Å². The zero-order valence-electron chi connectivity index (χ0n) is 11.0. The Morgan fingerprint density at radius 3 is 2.28 bits per heavy atom. The van der Waals surface area contributed by atoms with Crippen molar-refractivity contribution in [1.82, 2.24) is 9.78 Å². The maximum atomic E-state index is 11.4. The summed E-state index contributed by atoms with van der Waals surface area (Å²) in [5, 5.41) is 4.39. The molecule has 4 heteroatoms. The SMILES string of the molecule is COC(=O)c1ccc(-c2c(C)nn(C)c2C)cc1. The van der Waals surface area contributed by atoms with Crippen molar-refractivity contribution in [1.29, 1.82) is 0 Å². The fourth-order valence-corrected chi connectivity index (χ4v) is 2.08. The number of esters is 1. The lowest BCUT2D eigenvalue weighted by Crippen LogP contribution is -2.00. The lowest BCUT2D eigenvalue weighted by Gasteiger charge is -2.04. The van der Waals surface area contributed by atoms with Crippen LogP contribution in [-0.4, -0.2) is 22.9 Å². The first kappa shape index (κ1) is 12.4. The van der Waals surface area contributed by atoms with E-state index in [9.17, 15) is 4.79 Å². The van der Waals surface area contributed by atoms with Gasteiger partial charge in [-0.1, -0.05) is 12.1 Å². The van der Waals surface area contributed by atoms with E-state index in [4.69, 9.17) is 0 Å². The Labute approximate surface area is 106 Å². The van der Waals surface area contributed by atoms with Gasteiger partial charge in [0.15, 0.2) is 0 Å². The maximum Gasteiger partial charge on any atom is 0.337 e. The number of carbonyl (C=O) groups excluding carboxylic acids is 1. The van der Waals surface area contributed by atoms with Gasteiger partial charge in [0.25, 0.3) is 0 Å². The van der Waals surface area contributed by atoms with Gasteiger partial charge < -0.3 is 4.74 Å². The fraction of sp³-hybridized carbons (Fsp3) is 0.286. The molecule has 0 N–H and O–H groups in total. The van der Waals surface area contributed by atoms with Gasteiger partial charge in [0.1, 0.15) is 0 Å². The van der Waals surface area contributed by atoms with E-state index in [0.29, 0.717) is 5.56 Å². The molecular formula is C14H16N2O2. The minimum atomic E-state index is -0.318. The number of carbonyl (C=O) groups is 1. The molecule has 0 aliphatic heterocycles. The summed E-state index contributed by atoms with van der Waals surface area (Å²) in [5.41, 5.74) is 4.83. The van der Waals surface area contributed by atoms with Gasteiger partial charge in [-0.15, -0.1) is 0 Å². The van der Waals surface area contributed by atoms with Crippen LogP contribution in [0.5, 0.6) is 0 Å². The first-order valence-corrected chi connectivity index (χ1v) is 5.73. The van der Waals surface area contributed by atoms with E-state index in [2.05, 4.69) is 9.84 Å². The number of ether oxygens (including phenoxy) is 1. The van der Waals surface area contributed by atoms with Crippen LogP contribution in [0.4, 0.5) is 0 Å². The van der Waals surface area contributed by atoms with Gasteiger partial charge in [-0.2, -0.15) is 5.10 Å². The third-order valence-corrected chi connectivity index (χ3v) is 3.10. The highest BCUT2D eigenvalue weighted by Gasteiger charge is 2.12. The van der Waals surface area contributed by atoms with E-state index in [0.717, 1.165) is 22.5 Å². The molecule has 0 fully saturated rings. The van der Waals surface area contributed by atoms with Crippen LogP contribution >= 0.6 is 0 Å². The molecule has 2 aromatic rings. The van der Waals surface area contributed by atoms with Gasteiger partial charge in [0.2, 0.25) is 0 Å². The number of rotatable bonds is 2. The summed E-state index contributed by atoms with van der Waals surface area (Å²) in [5.74, 6) is -0.318. The van der Waals surface area contributed by atoms with Gasteiger partial charge in [-0.25, -0.2) is 4.79 Å². The molecule has 0 aliphatic carbocycles. The van der Waals surface area contributed by atoms with Crippen molar-refractivity contribution in [3.8, 4) is 11.1 Å². The Morgan fingerprint density at radius 1 is 1.22 bits per heavy atom. The second-order valence-corrected chi connectivity index (χ2v) is 4.24. The summed E-state index contributed by atoms with van der Waals surface area (Å²) in [4.78, 5) is 11.4. The molecule has 2 rings (SSSR count). The van der Waals surface area contributed by atoms with Crippen LogP contribution in [0, 0.1) is 13.8 Å². The van der Waals surface area contributed by atoms with Gasteiger partial charge in [-0.05, 0) is 31.5 Å². The summed E-state index contributed by atoms with van der Waals surface area (Å²) in [7, 11) is 3.31. The summed E-state index contributed by atoms with van der Waals surface area (Å²) in [6.45, 7) is 4.01. The van der Waals surface area contributed by atoms with Crippen LogP contribution in [0.1, 0.15) is 21.7 Å². The normalized spacial score (nSPS) is 10.4. The van der Waals surface area contributed by atoms with Gasteiger partial charge in [0.05, 0.1) is 18.4 Å². The largest absolute Gasteiger partial charge is 0.465 e. The van der Waals surface area contributed by atoms with E-state index >= 15 is 0 Å². The second-order valence-electron chi connectivity index (χ2n) is 4.24. The maximum absolute atomic E-state index is 11.4. The zero-order chi connectivity index (χ0) is 13.3. The number of benzene rings is 1. The van der Waals surface area contributed by atoms with Crippen molar-refractivity contribution < 1.29 is 9.53 Å².